The van der Waals surface area contributed by atoms with Gasteiger partial charge in [0.25, 0.3) is 0 Å². The number of hydrogen-bond donors (Lipinski definition) is 3. The van der Waals surface area contributed by atoms with E-state index >= 15 is 0 Å². The standard InChI is InChI=1S/C37H60N6O8/c1-9-26(4)36(42(6)34(48)23-40-37(49)35(25(2)3)41(5)33(47)22-38-24-44)30(51-8)21-32(46)43-19-13-16-28(43)29(50-7)20-31(45)39-18-17-27-14-11-10-12-15-27/h10-12,14-15,24-26,28-30,35-36H,9,13,16-23H2,1-8H3,(H,38,44)(H,39,45)(H,40,49). The summed E-state index contributed by atoms with van der Waals surface area (Å²) in [5.41, 5.74) is 1.14. The molecule has 14 heteroatoms. The van der Waals surface area contributed by atoms with Gasteiger partial charge in [0.1, 0.15) is 6.04 Å². The van der Waals surface area contributed by atoms with E-state index in [1.807, 2.05) is 44.2 Å². The molecule has 0 bridgehead atoms. The average Bonchev–Trinajstić information content (AvgIpc) is 3.61. The molecule has 1 heterocycles. The minimum atomic E-state index is -0.858. The first-order chi connectivity index (χ1) is 24.3. The quantitative estimate of drug-likeness (QED) is 0.151. The Hall–Kier alpha value is -4.04. The van der Waals surface area contributed by atoms with E-state index in [0.29, 0.717) is 32.3 Å². The fourth-order valence-corrected chi connectivity index (χ4v) is 6.88. The van der Waals surface area contributed by atoms with Gasteiger partial charge in [-0.1, -0.05) is 64.4 Å². The summed E-state index contributed by atoms with van der Waals surface area (Å²) in [5.74, 6) is -1.91. The van der Waals surface area contributed by atoms with Crippen molar-refractivity contribution < 1.29 is 38.2 Å². The molecule has 0 aromatic heterocycles. The molecular formula is C37H60N6O8. The number of nitrogens with zero attached hydrogens (tertiary/aromatic N) is 3. The lowest BCUT2D eigenvalue weighted by Crippen LogP contribution is -2.56. The molecule has 6 unspecified atom stereocenters. The molecule has 2 rings (SSSR count). The predicted molar refractivity (Wildman–Crippen MR) is 193 cm³/mol. The number of methoxy groups -OCH3 is 2. The molecule has 14 nitrogen and oxygen atoms in total. The molecule has 0 aliphatic carbocycles. The van der Waals surface area contributed by atoms with Crippen molar-refractivity contribution in [1.82, 2.24) is 30.7 Å². The van der Waals surface area contributed by atoms with Crippen LogP contribution in [0, 0.1) is 11.8 Å². The topological polar surface area (TPSA) is 167 Å². The van der Waals surface area contributed by atoms with Gasteiger partial charge >= 0.3 is 0 Å². The minimum absolute atomic E-state index is 0.0167. The number of likely N-dealkylation sites (tertiary alicyclic amines) is 1. The van der Waals surface area contributed by atoms with Crippen LogP contribution in [0.3, 0.4) is 0 Å². The first-order valence-electron chi connectivity index (χ1n) is 17.9. The molecule has 1 aromatic rings. The van der Waals surface area contributed by atoms with Gasteiger partial charge in [-0.3, -0.25) is 28.8 Å². The third-order valence-corrected chi connectivity index (χ3v) is 9.91. The molecule has 1 aliphatic heterocycles. The van der Waals surface area contributed by atoms with Gasteiger partial charge in [-0.2, -0.15) is 0 Å². The average molecular weight is 717 g/mol. The zero-order valence-corrected chi connectivity index (χ0v) is 31.7. The molecule has 0 radical (unpaired) electrons. The Morgan fingerprint density at radius 2 is 1.61 bits per heavy atom. The van der Waals surface area contributed by atoms with E-state index in [1.54, 1.807) is 32.9 Å². The summed E-state index contributed by atoms with van der Waals surface area (Å²) >= 11 is 0. The Bertz CT molecular complexity index is 1280. The number of carbonyl (C=O) groups is 6. The summed E-state index contributed by atoms with van der Waals surface area (Å²) in [5, 5.41) is 7.95. The number of rotatable bonds is 22. The number of nitrogens with one attached hydrogen (secondary N) is 3. The number of carbonyl (C=O) groups excluding carboxylic acids is 6. The van der Waals surface area contributed by atoms with Gasteiger partial charge in [0.2, 0.25) is 35.9 Å². The van der Waals surface area contributed by atoms with Crippen molar-refractivity contribution in [2.45, 2.75) is 96.6 Å². The third-order valence-electron chi connectivity index (χ3n) is 9.91. The van der Waals surface area contributed by atoms with E-state index in [0.717, 1.165) is 18.4 Å². The Labute approximate surface area is 303 Å². The fourth-order valence-electron chi connectivity index (χ4n) is 6.88. The van der Waals surface area contributed by atoms with Gasteiger partial charge in [-0.25, -0.2) is 0 Å². The Kier molecular flexibility index (Phi) is 18.6. The highest BCUT2D eigenvalue weighted by atomic mass is 16.5. The van der Waals surface area contributed by atoms with Crippen LogP contribution in [0.1, 0.15) is 65.4 Å². The van der Waals surface area contributed by atoms with E-state index < -0.39 is 36.1 Å². The maximum atomic E-state index is 13.9. The molecule has 286 valence electrons. The molecule has 1 aromatic carbocycles. The Balaban J connectivity index is 2.07. The maximum Gasteiger partial charge on any atom is 0.243 e. The zero-order chi connectivity index (χ0) is 38.1. The smallest absolute Gasteiger partial charge is 0.243 e. The van der Waals surface area contributed by atoms with E-state index in [9.17, 15) is 28.8 Å². The molecule has 3 N–H and O–H groups in total. The van der Waals surface area contributed by atoms with Crippen LogP contribution in [0.15, 0.2) is 30.3 Å². The molecule has 6 amide bonds. The van der Waals surface area contributed by atoms with Crippen molar-refractivity contribution in [2.24, 2.45) is 11.8 Å². The lowest BCUT2D eigenvalue weighted by Gasteiger charge is -2.39. The Morgan fingerprint density at radius 1 is 0.941 bits per heavy atom. The van der Waals surface area contributed by atoms with Crippen LogP contribution in [-0.4, -0.2) is 135 Å². The number of hydrogen-bond acceptors (Lipinski definition) is 8. The van der Waals surface area contributed by atoms with Gasteiger partial charge < -0.3 is 40.1 Å². The third kappa shape index (κ3) is 12.9. The molecular weight excluding hydrogens is 656 g/mol. The SMILES string of the molecule is CCC(C)C(C(CC(=O)N1CCCC1C(CC(=O)NCCc1ccccc1)OC)OC)N(C)C(=O)CNC(=O)C(C(C)C)N(C)C(=O)CNC=O. The van der Waals surface area contributed by atoms with Crippen molar-refractivity contribution in [3.8, 4) is 0 Å². The van der Waals surface area contributed by atoms with Gasteiger partial charge in [0.05, 0.1) is 50.2 Å². The number of ether oxygens (including phenoxy) is 2. The minimum Gasteiger partial charge on any atom is -0.379 e. The molecule has 6 atom stereocenters. The van der Waals surface area contributed by atoms with Crippen LogP contribution in [-0.2, 0) is 44.7 Å². The Morgan fingerprint density at radius 3 is 2.20 bits per heavy atom. The first-order valence-corrected chi connectivity index (χ1v) is 17.9. The second kappa shape index (κ2) is 22.0. The lowest BCUT2D eigenvalue weighted by molar-refractivity contribution is -0.145. The summed E-state index contributed by atoms with van der Waals surface area (Å²) in [7, 11) is 6.20. The lowest BCUT2D eigenvalue weighted by atomic mass is 9.90. The zero-order valence-electron chi connectivity index (χ0n) is 31.7. The number of amides is 6. The van der Waals surface area contributed by atoms with Crippen LogP contribution in [0.2, 0.25) is 0 Å². The fraction of sp³-hybridized carbons (Fsp3) is 0.676. The van der Waals surface area contributed by atoms with Gasteiger partial charge in [-0.15, -0.1) is 0 Å². The molecule has 0 spiro atoms. The number of benzene rings is 1. The van der Waals surface area contributed by atoms with Gasteiger partial charge in [0.15, 0.2) is 0 Å². The summed E-state index contributed by atoms with van der Waals surface area (Å²) < 4.78 is 11.7. The van der Waals surface area contributed by atoms with E-state index in [-0.39, 0.29) is 61.5 Å². The van der Waals surface area contributed by atoms with Crippen LogP contribution in [0.4, 0.5) is 0 Å². The second-order valence-electron chi connectivity index (χ2n) is 13.6. The van der Waals surface area contributed by atoms with Crippen LogP contribution < -0.4 is 16.0 Å². The normalized spacial score (nSPS) is 17.1. The monoisotopic (exact) mass is 716 g/mol. The van der Waals surface area contributed by atoms with Gasteiger partial charge in [0, 0.05) is 41.4 Å². The van der Waals surface area contributed by atoms with E-state index in [1.165, 1.54) is 24.0 Å². The predicted octanol–water partition coefficient (Wildman–Crippen LogP) is 1.36. The van der Waals surface area contributed by atoms with Crippen molar-refractivity contribution in [3.63, 3.8) is 0 Å². The van der Waals surface area contributed by atoms with Crippen LogP contribution in [0.5, 0.6) is 0 Å². The highest BCUT2D eigenvalue weighted by Crippen LogP contribution is 2.27. The van der Waals surface area contributed by atoms with E-state index in [2.05, 4.69) is 16.0 Å². The summed E-state index contributed by atoms with van der Waals surface area (Å²) in [4.78, 5) is 81.1. The van der Waals surface area contributed by atoms with Crippen molar-refractivity contribution in [3.05, 3.63) is 35.9 Å². The van der Waals surface area contributed by atoms with Gasteiger partial charge in [-0.05, 0) is 36.7 Å². The number of likely N-dealkylation sites (N-methyl/N-ethyl adjacent to an activating group) is 2. The highest BCUT2D eigenvalue weighted by Gasteiger charge is 2.40. The van der Waals surface area contributed by atoms with E-state index in [4.69, 9.17) is 9.47 Å². The highest BCUT2D eigenvalue weighted by molar-refractivity contribution is 5.91. The summed E-state index contributed by atoms with van der Waals surface area (Å²) in [6.07, 6.45) is 2.35. The molecule has 0 saturated carbocycles. The maximum absolute atomic E-state index is 13.9. The molecule has 51 heavy (non-hydrogen) atoms. The molecule has 1 fully saturated rings. The molecule has 1 saturated heterocycles. The largest absolute Gasteiger partial charge is 0.379 e. The van der Waals surface area contributed by atoms with Crippen LogP contribution >= 0.6 is 0 Å². The first kappa shape index (κ1) is 43.1. The molecule has 1 aliphatic rings. The van der Waals surface area contributed by atoms with Crippen molar-refractivity contribution in [1.29, 1.82) is 0 Å². The summed E-state index contributed by atoms with van der Waals surface area (Å²) in [6.45, 7) is 8.03. The van der Waals surface area contributed by atoms with Crippen LogP contribution in [0.25, 0.3) is 0 Å². The van der Waals surface area contributed by atoms with Crippen molar-refractivity contribution in [2.75, 3.05) is 54.5 Å². The summed E-state index contributed by atoms with van der Waals surface area (Å²) in [6, 6.07) is 8.30. The second-order valence-corrected chi connectivity index (χ2v) is 13.6. The van der Waals surface area contributed by atoms with Crippen molar-refractivity contribution >= 4 is 35.9 Å².